The fourth-order valence-corrected chi connectivity index (χ4v) is 5.03. The molecule has 2 amide bonds. The van der Waals surface area contributed by atoms with Gasteiger partial charge in [0.1, 0.15) is 23.4 Å². The van der Waals surface area contributed by atoms with Gasteiger partial charge in [0.25, 0.3) is 11.8 Å². The van der Waals surface area contributed by atoms with E-state index in [1.807, 2.05) is 32.9 Å². The Balaban J connectivity index is 1.72. The lowest BCUT2D eigenvalue weighted by Crippen LogP contribution is -2.55. The summed E-state index contributed by atoms with van der Waals surface area (Å²) in [6.45, 7) is 5.85. The molecule has 9 heteroatoms. The van der Waals surface area contributed by atoms with Gasteiger partial charge in [-0.25, -0.2) is 14.4 Å². The Labute approximate surface area is 178 Å². The fraction of sp³-hybridized carbons (Fsp3) is 0.364. The fourth-order valence-electron chi connectivity index (χ4n) is 5.03. The normalized spacial score (nSPS) is 24.6. The number of hydrogen-bond donors (Lipinski definition) is 2. The summed E-state index contributed by atoms with van der Waals surface area (Å²) in [4.78, 5) is 34.7. The molecule has 1 aromatic carbocycles. The van der Waals surface area contributed by atoms with Crippen LogP contribution >= 0.6 is 0 Å². The van der Waals surface area contributed by atoms with E-state index in [1.54, 1.807) is 0 Å². The summed E-state index contributed by atoms with van der Waals surface area (Å²) in [6, 6.07) is 8.71. The molecular weight excluding hydrogens is 399 g/mol. The van der Waals surface area contributed by atoms with Gasteiger partial charge in [-0.1, -0.05) is 20.8 Å². The maximum atomic E-state index is 13.5. The van der Waals surface area contributed by atoms with Crippen molar-refractivity contribution in [3.8, 4) is 12.1 Å². The van der Waals surface area contributed by atoms with Gasteiger partial charge in [-0.2, -0.15) is 10.5 Å². The minimum absolute atomic E-state index is 0.0639. The summed E-state index contributed by atoms with van der Waals surface area (Å²) in [5, 5.41) is 18.8. The summed E-state index contributed by atoms with van der Waals surface area (Å²) in [5.41, 5.74) is 3.45. The molecule has 0 radical (unpaired) electrons. The van der Waals surface area contributed by atoms with Crippen molar-refractivity contribution >= 4 is 11.8 Å². The van der Waals surface area contributed by atoms with E-state index < -0.39 is 33.9 Å². The zero-order valence-corrected chi connectivity index (χ0v) is 17.2. The number of aromatic nitrogens is 2. The van der Waals surface area contributed by atoms with Crippen molar-refractivity contribution in [1.29, 1.82) is 10.5 Å². The second kappa shape index (κ2) is 6.58. The molecule has 1 heterocycles. The summed E-state index contributed by atoms with van der Waals surface area (Å²) >= 11 is 0. The van der Waals surface area contributed by atoms with Crippen LogP contribution in [0.3, 0.4) is 0 Å². The van der Waals surface area contributed by atoms with E-state index >= 15 is 0 Å². The van der Waals surface area contributed by atoms with Crippen molar-refractivity contribution in [3.05, 3.63) is 58.4 Å². The third kappa shape index (κ3) is 2.50. The zero-order valence-electron chi connectivity index (χ0n) is 17.2. The van der Waals surface area contributed by atoms with E-state index in [0.29, 0.717) is 24.2 Å². The van der Waals surface area contributed by atoms with Gasteiger partial charge in [0, 0.05) is 11.0 Å². The molecule has 1 aromatic heterocycles. The Morgan fingerprint density at radius 1 is 0.968 bits per heavy atom. The van der Waals surface area contributed by atoms with E-state index in [4.69, 9.17) is 0 Å². The smallest absolute Gasteiger partial charge is 0.269 e. The first-order chi connectivity index (χ1) is 14.6. The van der Waals surface area contributed by atoms with E-state index in [1.165, 1.54) is 12.1 Å². The highest BCUT2D eigenvalue weighted by molar-refractivity contribution is 5.98. The lowest BCUT2D eigenvalue weighted by atomic mass is 9.63. The van der Waals surface area contributed by atoms with Crippen LogP contribution in [-0.4, -0.2) is 21.8 Å². The van der Waals surface area contributed by atoms with Gasteiger partial charge in [0.15, 0.2) is 11.4 Å². The van der Waals surface area contributed by atoms with E-state index in [-0.39, 0.29) is 17.0 Å². The van der Waals surface area contributed by atoms with Crippen molar-refractivity contribution < 1.29 is 14.0 Å². The van der Waals surface area contributed by atoms with Gasteiger partial charge in [-0.05, 0) is 42.5 Å². The molecular formula is C22H19FN6O2. The quantitative estimate of drug-likeness (QED) is 0.719. The van der Waals surface area contributed by atoms with Gasteiger partial charge >= 0.3 is 0 Å². The first-order valence-electron chi connectivity index (χ1n) is 9.72. The minimum Gasteiger partial charge on any atom is -0.272 e. The lowest BCUT2D eigenvalue weighted by molar-refractivity contribution is -0.131. The summed E-state index contributed by atoms with van der Waals surface area (Å²) < 4.78 is 13.1. The summed E-state index contributed by atoms with van der Waals surface area (Å²) in [5.74, 6) is -1.54. The largest absolute Gasteiger partial charge is 0.272 e. The molecule has 2 aliphatic rings. The molecule has 156 valence electrons. The molecule has 1 saturated carbocycles. The Kier molecular flexibility index (Phi) is 4.33. The zero-order chi connectivity index (χ0) is 22.6. The Hall–Kier alpha value is -3.85. The molecule has 2 unspecified atom stereocenters. The number of amides is 2. The molecule has 8 nitrogen and oxygen atoms in total. The van der Waals surface area contributed by atoms with Crippen LogP contribution in [0.5, 0.6) is 0 Å². The SMILES string of the molecule is CC12CCC(C(=O)NNC(=O)c3ccc(F)cc3)(c3nc(C#N)c(C#N)nc31)C2(C)C. The van der Waals surface area contributed by atoms with Crippen LogP contribution in [0.2, 0.25) is 0 Å². The standard InChI is InChI=1S/C22H19FN6O2/c1-20(2)21(3)8-9-22(20,17-16(21)26-14(10-24)15(11-25)27-17)19(31)29-28-18(30)12-4-6-13(23)7-5-12/h4-7H,8-9H2,1-3H3,(H,28,30)(H,29,31). The van der Waals surface area contributed by atoms with E-state index in [9.17, 15) is 24.5 Å². The van der Waals surface area contributed by atoms with Crippen LogP contribution in [0.1, 0.15) is 66.7 Å². The molecule has 1 fully saturated rings. The number of hydrazine groups is 1. The summed E-state index contributed by atoms with van der Waals surface area (Å²) in [6.07, 6.45) is 1.09. The number of rotatable bonds is 2. The number of carbonyl (C=O) groups excluding carboxylic acids is 2. The summed E-state index contributed by atoms with van der Waals surface area (Å²) in [7, 11) is 0. The van der Waals surface area contributed by atoms with Crippen LogP contribution in [-0.2, 0) is 15.6 Å². The predicted octanol–water partition coefficient (Wildman–Crippen LogP) is 2.15. The molecule has 0 spiro atoms. The number of carbonyl (C=O) groups is 2. The maximum absolute atomic E-state index is 13.5. The number of hydrogen-bond acceptors (Lipinski definition) is 6. The molecule has 4 rings (SSSR count). The van der Waals surface area contributed by atoms with Crippen LogP contribution in [0.4, 0.5) is 4.39 Å². The average Bonchev–Trinajstić information content (AvgIpc) is 3.06. The molecule has 2 atom stereocenters. The van der Waals surface area contributed by atoms with Crippen molar-refractivity contribution in [3.63, 3.8) is 0 Å². The molecule has 2 N–H and O–H groups in total. The van der Waals surface area contributed by atoms with Crippen molar-refractivity contribution in [2.24, 2.45) is 5.41 Å². The highest BCUT2D eigenvalue weighted by atomic mass is 19.1. The molecule has 2 aromatic rings. The molecule has 0 saturated heterocycles. The number of benzene rings is 1. The number of nitrogens with zero attached hydrogens (tertiary/aromatic N) is 4. The van der Waals surface area contributed by atoms with Crippen LogP contribution in [0, 0.1) is 33.9 Å². The average molecular weight is 418 g/mol. The highest BCUT2D eigenvalue weighted by Crippen LogP contribution is 2.70. The van der Waals surface area contributed by atoms with Gasteiger partial charge in [0.2, 0.25) is 0 Å². The third-order valence-electron chi connectivity index (χ3n) is 7.26. The van der Waals surface area contributed by atoms with Gasteiger partial charge < -0.3 is 0 Å². The van der Waals surface area contributed by atoms with E-state index in [0.717, 1.165) is 12.1 Å². The third-order valence-corrected chi connectivity index (χ3v) is 7.26. The Bertz CT molecular complexity index is 1210. The topological polar surface area (TPSA) is 132 Å². The van der Waals surface area contributed by atoms with Crippen molar-refractivity contribution in [2.45, 2.75) is 44.4 Å². The van der Waals surface area contributed by atoms with Crippen LogP contribution in [0.15, 0.2) is 24.3 Å². The predicted molar refractivity (Wildman–Crippen MR) is 106 cm³/mol. The van der Waals surface area contributed by atoms with Gasteiger partial charge in [-0.3, -0.25) is 20.4 Å². The van der Waals surface area contributed by atoms with Crippen LogP contribution in [0.25, 0.3) is 0 Å². The highest BCUT2D eigenvalue weighted by Gasteiger charge is 2.73. The Morgan fingerprint density at radius 2 is 1.55 bits per heavy atom. The molecule has 31 heavy (non-hydrogen) atoms. The van der Waals surface area contributed by atoms with Gasteiger partial charge in [0.05, 0.1) is 11.4 Å². The first kappa shape index (κ1) is 20.4. The van der Waals surface area contributed by atoms with Gasteiger partial charge in [-0.15, -0.1) is 0 Å². The molecule has 0 aliphatic heterocycles. The van der Waals surface area contributed by atoms with Crippen molar-refractivity contribution in [2.75, 3.05) is 0 Å². The Morgan fingerprint density at radius 3 is 2.13 bits per heavy atom. The second-order valence-electron chi connectivity index (χ2n) is 8.62. The first-order valence-corrected chi connectivity index (χ1v) is 9.72. The van der Waals surface area contributed by atoms with Crippen molar-refractivity contribution in [1.82, 2.24) is 20.8 Å². The minimum atomic E-state index is -1.14. The number of fused-ring (bicyclic) bond motifs is 5. The molecule has 2 aliphatic carbocycles. The monoisotopic (exact) mass is 418 g/mol. The second-order valence-corrected chi connectivity index (χ2v) is 8.62. The van der Waals surface area contributed by atoms with E-state index in [2.05, 4.69) is 20.8 Å². The van der Waals surface area contributed by atoms with Crippen LogP contribution < -0.4 is 10.9 Å². The number of nitriles is 2. The lowest BCUT2D eigenvalue weighted by Gasteiger charge is -2.39. The number of nitrogens with one attached hydrogen (secondary N) is 2. The maximum Gasteiger partial charge on any atom is 0.269 e. The molecule has 2 bridgehead atoms. The number of halogens is 1.